The molecule has 5 heteroatoms. The van der Waals surface area contributed by atoms with Crippen LogP contribution in [0, 0.1) is 11.8 Å². The maximum Gasteiger partial charge on any atom is 0.496 e. The minimum Gasteiger partial charge on any atom is -0.508 e. The molecular formula is C17H23BO4. The number of unbranched alkanes of at least 4 members (excludes halogenated alkanes) is 1. The summed E-state index contributed by atoms with van der Waals surface area (Å²) >= 11 is 0. The summed E-state index contributed by atoms with van der Waals surface area (Å²) in [5.41, 5.74) is 0.665. The highest BCUT2D eigenvalue weighted by Crippen LogP contribution is 2.36. The van der Waals surface area contributed by atoms with Gasteiger partial charge in [-0.25, -0.2) is 0 Å². The molecule has 0 aromatic heterocycles. The predicted octanol–water partition coefficient (Wildman–Crippen LogP) is 1.82. The van der Waals surface area contributed by atoms with Crippen LogP contribution in [0.5, 0.6) is 5.75 Å². The highest BCUT2D eigenvalue weighted by Gasteiger charge is 2.52. The minimum atomic E-state index is -0.507. The summed E-state index contributed by atoms with van der Waals surface area (Å²) in [6, 6.07) is 5.01. The molecule has 1 aromatic carbocycles. The van der Waals surface area contributed by atoms with Crippen LogP contribution in [0.4, 0.5) is 0 Å². The van der Waals surface area contributed by atoms with Crippen molar-refractivity contribution in [1.82, 2.24) is 0 Å². The van der Waals surface area contributed by atoms with Crippen LogP contribution in [0.2, 0.25) is 0 Å². The zero-order valence-corrected chi connectivity index (χ0v) is 13.6. The van der Waals surface area contributed by atoms with E-state index in [1.807, 2.05) is 27.7 Å². The van der Waals surface area contributed by atoms with E-state index in [9.17, 15) is 5.11 Å². The third-order valence-corrected chi connectivity index (χ3v) is 4.23. The summed E-state index contributed by atoms with van der Waals surface area (Å²) in [6.07, 6.45) is 1.24. The van der Waals surface area contributed by atoms with Crippen molar-refractivity contribution in [2.45, 2.75) is 51.7 Å². The first-order valence-electron chi connectivity index (χ1n) is 7.55. The van der Waals surface area contributed by atoms with E-state index in [1.54, 1.807) is 18.2 Å². The van der Waals surface area contributed by atoms with E-state index in [0.717, 1.165) is 5.46 Å². The smallest absolute Gasteiger partial charge is 0.496 e. The van der Waals surface area contributed by atoms with E-state index >= 15 is 0 Å². The van der Waals surface area contributed by atoms with Gasteiger partial charge in [-0.15, -0.1) is 0 Å². The van der Waals surface area contributed by atoms with Crippen molar-refractivity contribution < 1.29 is 19.5 Å². The summed E-state index contributed by atoms with van der Waals surface area (Å²) in [5, 5.41) is 18.5. The molecule has 0 saturated carbocycles. The van der Waals surface area contributed by atoms with Gasteiger partial charge in [-0.05, 0) is 51.7 Å². The molecule has 22 heavy (non-hydrogen) atoms. The highest BCUT2D eigenvalue weighted by molar-refractivity contribution is 6.62. The van der Waals surface area contributed by atoms with Gasteiger partial charge in [-0.3, -0.25) is 0 Å². The Morgan fingerprint density at radius 3 is 2.36 bits per heavy atom. The van der Waals surface area contributed by atoms with Gasteiger partial charge < -0.3 is 19.5 Å². The van der Waals surface area contributed by atoms with E-state index in [2.05, 4.69) is 11.8 Å². The van der Waals surface area contributed by atoms with Crippen LogP contribution in [0.3, 0.4) is 0 Å². The minimum absolute atomic E-state index is 0.124. The summed E-state index contributed by atoms with van der Waals surface area (Å²) in [4.78, 5) is 0. The second-order valence-corrected chi connectivity index (χ2v) is 6.49. The molecule has 0 radical (unpaired) electrons. The van der Waals surface area contributed by atoms with Crippen molar-refractivity contribution in [3.05, 3.63) is 23.8 Å². The molecule has 0 bridgehead atoms. The lowest BCUT2D eigenvalue weighted by Gasteiger charge is -2.32. The zero-order valence-electron chi connectivity index (χ0n) is 13.6. The van der Waals surface area contributed by atoms with Crippen LogP contribution < -0.4 is 5.46 Å². The molecular weight excluding hydrogens is 279 g/mol. The Morgan fingerprint density at radius 1 is 1.14 bits per heavy atom. The SMILES string of the molecule is CC1(C)OB(c2ccc(O)cc2C#CCCCO)OC1(C)C. The van der Waals surface area contributed by atoms with E-state index < -0.39 is 18.3 Å². The number of aliphatic hydroxyl groups excluding tert-OH is 1. The lowest BCUT2D eigenvalue weighted by molar-refractivity contribution is 0.00578. The van der Waals surface area contributed by atoms with Gasteiger partial charge in [0.25, 0.3) is 0 Å². The summed E-state index contributed by atoms with van der Waals surface area (Å²) in [5.74, 6) is 6.20. The number of hydrogen-bond donors (Lipinski definition) is 2. The molecule has 1 aliphatic heterocycles. The average Bonchev–Trinajstić information content (AvgIpc) is 2.63. The average molecular weight is 302 g/mol. The van der Waals surface area contributed by atoms with Gasteiger partial charge in [0, 0.05) is 18.6 Å². The first-order chi connectivity index (χ1) is 10.3. The Bertz CT molecular complexity index is 582. The van der Waals surface area contributed by atoms with Crippen molar-refractivity contribution in [1.29, 1.82) is 0 Å². The van der Waals surface area contributed by atoms with Gasteiger partial charge in [0.15, 0.2) is 0 Å². The van der Waals surface area contributed by atoms with Crippen molar-refractivity contribution >= 4 is 12.6 Å². The second-order valence-electron chi connectivity index (χ2n) is 6.49. The molecule has 0 atom stereocenters. The third-order valence-electron chi connectivity index (χ3n) is 4.23. The lowest BCUT2D eigenvalue weighted by Crippen LogP contribution is -2.41. The molecule has 1 fully saturated rings. The van der Waals surface area contributed by atoms with Gasteiger partial charge in [0.2, 0.25) is 0 Å². The molecule has 0 spiro atoms. The second kappa shape index (κ2) is 6.33. The zero-order chi connectivity index (χ0) is 16.4. The molecule has 1 aliphatic rings. The van der Waals surface area contributed by atoms with Crippen LogP contribution in [-0.2, 0) is 9.31 Å². The molecule has 0 unspecified atom stereocenters. The maximum absolute atomic E-state index is 9.70. The Labute approximate surface area is 132 Å². The summed E-state index contributed by atoms with van der Waals surface area (Å²) < 4.78 is 12.1. The number of aromatic hydroxyl groups is 1. The number of phenols is 1. The monoisotopic (exact) mass is 302 g/mol. The summed E-state index contributed by atoms with van der Waals surface area (Å²) in [7, 11) is -0.507. The standard InChI is InChI=1S/C17H23BO4/c1-16(2)17(3,4)22-18(21-16)15-10-9-14(20)12-13(15)8-6-5-7-11-19/h9-10,12,19-20H,5,7,11H2,1-4H3. The fourth-order valence-corrected chi connectivity index (χ4v) is 2.15. The quantitative estimate of drug-likeness (QED) is 0.508. The Balaban J connectivity index is 2.30. The molecule has 0 amide bonds. The molecule has 4 nitrogen and oxygen atoms in total. The predicted molar refractivity (Wildman–Crippen MR) is 87.0 cm³/mol. The Morgan fingerprint density at radius 2 is 1.77 bits per heavy atom. The third kappa shape index (κ3) is 3.46. The fraction of sp³-hybridized carbons (Fsp3) is 0.529. The van der Waals surface area contributed by atoms with Crippen LogP contribution in [0.15, 0.2) is 18.2 Å². The number of rotatable bonds is 3. The molecule has 1 heterocycles. The van der Waals surface area contributed by atoms with Gasteiger partial charge >= 0.3 is 7.12 Å². The van der Waals surface area contributed by atoms with E-state index in [1.165, 1.54) is 0 Å². The molecule has 2 N–H and O–H groups in total. The van der Waals surface area contributed by atoms with Gasteiger partial charge in [0.1, 0.15) is 5.75 Å². The molecule has 1 saturated heterocycles. The highest BCUT2D eigenvalue weighted by atomic mass is 16.7. The first kappa shape index (κ1) is 16.9. The van der Waals surface area contributed by atoms with Crippen LogP contribution in [0.1, 0.15) is 46.1 Å². The number of aliphatic hydroxyl groups is 1. The van der Waals surface area contributed by atoms with Crippen LogP contribution in [-0.4, -0.2) is 35.1 Å². The molecule has 0 aliphatic carbocycles. The molecule has 118 valence electrons. The van der Waals surface area contributed by atoms with Crippen LogP contribution in [0.25, 0.3) is 0 Å². The van der Waals surface area contributed by atoms with Crippen LogP contribution >= 0.6 is 0 Å². The lowest BCUT2D eigenvalue weighted by atomic mass is 9.76. The van der Waals surface area contributed by atoms with E-state index in [4.69, 9.17) is 14.4 Å². The normalized spacial score (nSPS) is 18.9. The molecule has 2 rings (SSSR count). The van der Waals surface area contributed by atoms with Crippen molar-refractivity contribution in [2.24, 2.45) is 0 Å². The van der Waals surface area contributed by atoms with Crippen molar-refractivity contribution in [3.63, 3.8) is 0 Å². The largest absolute Gasteiger partial charge is 0.508 e. The van der Waals surface area contributed by atoms with E-state index in [0.29, 0.717) is 18.4 Å². The topological polar surface area (TPSA) is 58.9 Å². The molecule has 1 aromatic rings. The number of phenolic OH excluding ortho intramolecular Hbond substituents is 1. The summed E-state index contributed by atoms with van der Waals surface area (Å²) in [6.45, 7) is 8.12. The fourth-order valence-electron chi connectivity index (χ4n) is 2.15. The van der Waals surface area contributed by atoms with Gasteiger partial charge in [-0.1, -0.05) is 17.9 Å². The Hall–Kier alpha value is -1.48. The van der Waals surface area contributed by atoms with Crippen molar-refractivity contribution in [3.8, 4) is 17.6 Å². The van der Waals surface area contributed by atoms with E-state index in [-0.39, 0.29) is 12.4 Å². The first-order valence-corrected chi connectivity index (χ1v) is 7.55. The maximum atomic E-state index is 9.70. The van der Waals surface area contributed by atoms with Gasteiger partial charge in [0.05, 0.1) is 11.2 Å². The van der Waals surface area contributed by atoms with Gasteiger partial charge in [-0.2, -0.15) is 0 Å². The number of benzene rings is 1. The van der Waals surface area contributed by atoms with Crippen molar-refractivity contribution in [2.75, 3.05) is 6.61 Å². The number of hydrogen-bond acceptors (Lipinski definition) is 4. The Kier molecular flexibility index (Phi) is 4.86.